The van der Waals surface area contributed by atoms with E-state index >= 15 is 0 Å². The molecular formula is C14H20N2O2. The molecule has 1 aliphatic carbocycles. The summed E-state index contributed by atoms with van der Waals surface area (Å²) < 4.78 is 0. The van der Waals surface area contributed by atoms with E-state index in [1.807, 2.05) is 12.1 Å². The molecule has 1 saturated carbocycles. The van der Waals surface area contributed by atoms with Gasteiger partial charge in [0.25, 0.3) is 0 Å². The largest absolute Gasteiger partial charge is 0.480 e. The average Bonchev–Trinajstić information content (AvgIpc) is 2.64. The number of nitrogens with one attached hydrogen (secondary N) is 1. The van der Waals surface area contributed by atoms with E-state index in [2.05, 4.69) is 10.3 Å². The SMILES string of the molecule is O=C(O)C1(NCc2cccnc2)CCCCCC1. The molecule has 1 aromatic heterocycles. The van der Waals surface area contributed by atoms with Gasteiger partial charge in [0, 0.05) is 18.9 Å². The molecule has 0 aliphatic heterocycles. The predicted molar refractivity (Wildman–Crippen MR) is 69.1 cm³/mol. The van der Waals surface area contributed by atoms with Gasteiger partial charge in [-0.15, -0.1) is 0 Å². The molecule has 0 bridgehead atoms. The Balaban J connectivity index is 2.04. The molecule has 0 atom stereocenters. The molecule has 1 heterocycles. The Morgan fingerprint density at radius 2 is 2.06 bits per heavy atom. The molecule has 1 aliphatic rings. The van der Waals surface area contributed by atoms with Gasteiger partial charge < -0.3 is 5.11 Å². The van der Waals surface area contributed by atoms with Crippen LogP contribution >= 0.6 is 0 Å². The summed E-state index contributed by atoms with van der Waals surface area (Å²) >= 11 is 0. The van der Waals surface area contributed by atoms with Crippen LogP contribution in [0.3, 0.4) is 0 Å². The fourth-order valence-electron chi connectivity index (χ4n) is 2.57. The van der Waals surface area contributed by atoms with Gasteiger partial charge in [-0.3, -0.25) is 15.1 Å². The highest BCUT2D eigenvalue weighted by Gasteiger charge is 2.37. The van der Waals surface area contributed by atoms with Crippen molar-refractivity contribution in [3.8, 4) is 0 Å². The van der Waals surface area contributed by atoms with Crippen LogP contribution in [0, 0.1) is 0 Å². The zero-order chi connectivity index (χ0) is 12.8. The topological polar surface area (TPSA) is 62.2 Å². The molecular weight excluding hydrogens is 228 g/mol. The number of aromatic nitrogens is 1. The first-order chi connectivity index (χ1) is 8.73. The number of carboxylic acids is 1. The van der Waals surface area contributed by atoms with Crippen LogP contribution in [0.15, 0.2) is 24.5 Å². The summed E-state index contributed by atoms with van der Waals surface area (Å²) in [5, 5.41) is 12.8. The molecule has 0 amide bonds. The van der Waals surface area contributed by atoms with Gasteiger partial charge >= 0.3 is 5.97 Å². The molecule has 18 heavy (non-hydrogen) atoms. The van der Waals surface area contributed by atoms with Gasteiger partial charge in [0.15, 0.2) is 0 Å². The van der Waals surface area contributed by atoms with Crippen molar-refractivity contribution >= 4 is 5.97 Å². The molecule has 2 N–H and O–H groups in total. The molecule has 98 valence electrons. The number of carbonyl (C=O) groups is 1. The quantitative estimate of drug-likeness (QED) is 0.803. The zero-order valence-electron chi connectivity index (χ0n) is 10.6. The summed E-state index contributed by atoms with van der Waals surface area (Å²) in [6, 6.07) is 3.84. The predicted octanol–water partition coefficient (Wildman–Crippen LogP) is 2.35. The molecule has 0 saturated heterocycles. The van der Waals surface area contributed by atoms with Crippen LogP contribution in [-0.4, -0.2) is 21.6 Å². The summed E-state index contributed by atoms with van der Waals surface area (Å²) in [5.74, 6) is -0.715. The Labute approximate surface area is 107 Å². The minimum Gasteiger partial charge on any atom is -0.480 e. The third-order valence-corrected chi connectivity index (χ3v) is 3.72. The Morgan fingerprint density at radius 3 is 2.61 bits per heavy atom. The van der Waals surface area contributed by atoms with Crippen molar-refractivity contribution in [2.45, 2.75) is 50.6 Å². The number of carboxylic acid groups (broad SMARTS) is 1. The van der Waals surface area contributed by atoms with Gasteiger partial charge in [-0.1, -0.05) is 31.7 Å². The minimum atomic E-state index is -0.744. The maximum absolute atomic E-state index is 11.6. The lowest BCUT2D eigenvalue weighted by molar-refractivity contribution is -0.145. The van der Waals surface area contributed by atoms with Crippen molar-refractivity contribution in [2.24, 2.45) is 0 Å². The van der Waals surface area contributed by atoms with Crippen molar-refractivity contribution in [1.82, 2.24) is 10.3 Å². The summed E-state index contributed by atoms with van der Waals surface area (Å²) in [7, 11) is 0. The highest BCUT2D eigenvalue weighted by Crippen LogP contribution is 2.27. The highest BCUT2D eigenvalue weighted by molar-refractivity contribution is 5.78. The normalized spacial score (nSPS) is 19.1. The third-order valence-electron chi connectivity index (χ3n) is 3.72. The van der Waals surface area contributed by atoms with E-state index in [9.17, 15) is 9.90 Å². The van der Waals surface area contributed by atoms with E-state index in [0.29, 0.717) is 6.54 Å². The molecule has 0 aromatic carbocycles. The summed E-state index contributed by atoms with van der Waals surface area (Å²) in [6.07, 6.45) is 9.22. The van der Waals surface area contributed by atoms with Crippen LogP contribution in [0.25, 0.3) is 0 Å². The second-order valence-corrected chi connectivity index (χ2v) is 5.02. The minimum absolute atomic E-state index is 0.570. The maximum Gasteiger partial charge on any atom is 0.323 e. The number of nitrogens with zero attached hydrogens (tertiary/aromatic N) is 1. The zero-order valence-corrected chi connectivity index (χ0v) is 10.6. The number of hydrogen-bond acceptors (Lipinski definition) is 3. The van der Waals surface area contributed by atoms with Crippen LogP contribution in [-0.2, 0) is 11.3 Å². The van der Waals surface area contributed by atoms with Gasteiger partial charge in [0.05, 0.1) is 0 Å². The molecule has 0 radical (unpaired) electrons. The van der Waals surface area contributed by atoms with Crippen LogP contribution in [0.1, 0.15) is 44.1 Å². The molecule has 4 nitrogen and oxygen atoms in total. The third kappa shape index (κ3) is 3.07. The van der Waals surface area contributed by atoms with E-state index in [1.54, 1.807) is 12.4 Å². The molecule has 0 unspecified atom stereocenters. The Hall–Kier alpha value is -1.42. The van der Waals surface area contributed by atoms with Crippen LogP contribution in [0.4, 0.5) is 0 Å². The lowest BCUT2D eigenvalue weighted by Crippen LogP contribution is -2.51. The number of hydrogen-bond donors (Lipinski definition) is 2. The molecule has 1 aromatic rings. The molecule has 2 rings (SSSR count). The van der Waals surface area contributed by atoms with Crippen molar-refractivity contribution in [3.63, 3.8) is 0 Å². The second kappa shape index (κ2) is 5.96. The first-order valence-electron chi connectivity index (χ1n) is 6.60. The fraction of sp³-hybridized carbons (Fsp3) is 0.571. The first kappa shape index (κ1) is 13.0. The summed E-state index contributed by atoms with van der Waals surface area (Å²) in [5.41, 5.74) is 0.286. The number of aliphatic carboxylic acids is 1. The lowest BCUT2D eigenvalue weighted by atomic mass is 9.90. The Morgan fingerprint density at radius 1 is 1.33 bits per heavy atom. The summed E-state index contributed by atoms with van der Waals surface area (Å²) in [4.78, 5) is 15.6. The van der Waals surface area contributed by atoms with E-state index < -0.39 is 11.5 Å². The van der Waals surface area contributed by atoms with E-state index in [1.165, 1.54) is 0 Å². The monoisotopic (exact) mass is 248 g/mol. The Bertz CT molecular complexity index is 384. The van der Waals surface area contributed by atoms with Gasteiger partial charge in [-0.25, -0.2) is 0 Å². The van der Waals surface area contributed by atoms with Gasteiger partial charge in [0.2, 0.25) is 0 Å². The second-order valence-electron chi connectivity index (χ2n) is 5.02. The number of rotatable bonds is 4. The number of pyridine rings is 1. The fourth-order valence-corrected chi connectivity index (χ4v) is 2.57. The average molecular weight is 248 g/mol. The van der Waals surface area contributed by atoms with E-state index in [-0.39, 0.29) is 0 Å². The lowest BCUT2D eigenvalue weighted by Gasteiger charge is -2.29. The molecule has 0 spiro atoms. The molecule has 4 heteroatoms. The van der Waals surface area contributed by atoms with Crippen LogP contribution in [0.2, 0.25) is 0 Å². The Kier molecular flexibility index (Phi) is 4.31. The summed E-state index contributed by atoms with van der Waals surface area (Å²) in [6.45, 7) is 0.570. The highest BCUT2D eigenvalue weighted by atomic mass is 16.4. The van der Waals surface area contributed by atoms with E-state index in [0.717, 1.165) is 44.1 Å². The van der Waals surface area contributed by atoms with Crippen molar-refractivity contribution in [3.05, 3.63) is 30.1 Å². The van der Waals surface area contributed by atoms with Gasteiger partial charge in [-0.05, 0) is 24.5 Å². The van der Waals surface area contributed by atoms with Gasteiger partial charge in [-0.2, -0.15) is 0 Å². The van der Waals surface area contributed by atoms with E-state index in [4.69, 9.17) is 0 Å². The molecule has 1 fully saturated rings. The standard InChI is InChI=1S/C14H20N2O2/c17-13(18)14(7-3-1-2-4-8-14)16-11-12-6-5-9-15-10-12/h5-6,9-10,16H,1-4,7-8,11H2,(H,17,18). The van der Waals surface area contributed by atoms with Gasteiger partial charge in [0.1, 0.15) is 5.54 Å². The maximum atomic E-state index is 11.6. The van der Waals surface area contributed by atoms with Crippen molar-refractivity contribution in [1.29, 1.82) is 0 Å². The van der Waals surface area contributed by atoms with Crippen molar-refractivity contribution in [2.75, 3.05) is 0 Å². The first-order valence-corrected chi connectivity index (χ1v) is 6.60. The smallest absolute Gasteiger partial charge is 0.323 e. The van der Waals surface area contributed by atoms with Crippen LogP contribution < -0.4 is 5.32 Å². The van der Waals surface area contributed by atoms with Crippen molar-refractivity contribution < 1.29 is 9.90 Å². The van der Waals surface area contributed by atoms with Crippen LogP contribution in [0.5, 0.6) is 0 Å².